The zero-order valence-electron chi connectivity index (χ0n) is 47.5. The Hall–Kier alpha value is -2.18. The highest BCUT2D eigenvalue weighted by atomic mass is 16.5. The maximum absolute atomic E-state index is 12.5. The SMILES string of the molecule is CCCCC/C=C\C/C=C\CCCCCCCCCC(=O)OCCCCCCCCCCCCCC/C=C\CCCCCCCCCC(=O)NC(CO)C(O)/C=C/CCCCCCCCCCCCCC. The predicted molar refractivity (Wildman–Crippen MR) is 310 cm³/mol. The summed E-state index contributed by atoms with van der Waals surface area (Å²) in [5, 5.41) is 23.1. The number of aliphatic hydroxyl groups excluding tert-OH is 2. The van der Waals surface area contributed by atoms with Crippen LogP contribution in [-0.4, -0.2) is 47.4 Å². The van der Waals surface area contributed by atoms with Crippen LogP contribution >= 0.6 is 0 Å². The number of rotatable bonds is 58. The summed E-state index contributed by atoms with van der Waals surface area (Å²) in [6.45, 7) is 4.88. The third-order valence-electron chi connectivity index (χ3n) is 14.3. The normalized spacial score (nSPS) is 12.9. The van der Waals surface area contributed by atoms with Gasteiger partial charge in [0.1, 0.15) is 0 Å². The van der Waals surface area contributed by atoms with Crippen LogP contribution < -0.4 is 5.32 Å². The van der Waals surface area contributed by atoms with E-state index in [1.807, 2.05) is 6.08 Å². The Morgan fingerprint density at radius 2 is 0.704 bits per heavy atom. The van der Waals surface area contributed by atoms with Gasteiger partial charge in [-0.3, -0.25) is 9.59 Å². The van der Waals surface area contributed by atoms with E-state index in [0.717, 1.165) is 57.8 Å². The molecule has 0 rings (SSSR count). The maximum Gasteiger partial charge on any atom is 0.305 e. The van der Waals surface area contributed by atoms with Crippen molar-refractivity contribution in [3.63, 3.8) is 0 Å². The van der Waals surface area contributed by atoms with Crippen LogP contribution in [0.5, 0.6) is 0 Å². The molecule has 416 valence electrons. The molecule has 3 N–H and O–H groups in total. The lowest BCUT2D eigenvalue weighted by atomic mass is 10.0. The van der Waals surface area contributed by atoms with E-state index in [0.29, 0.717) is 19.4 Å². The molecule has 0 spiro atoms. The third kappa shape index (κ3) is 57.0. The molecule has 0 aliphatic carbocycles. The molecule has 1 amide bonds. The minimum Gasteiger partial charge on any atom is -0.466 e. The molecule has 0 heterocycles. The molecule has 2 unspecified atom stereocenters. The van der Waals surface area contributed by atoms with Gasteiger partial charge in [-0.15, -0.1) is 0 Å². The number of esters is 1. The zero-order valence-corrected chi connectivity index (χ0v) is 47.5. The second-order valence-corrected chi connectivity index (χ2v) is 21.4. The first-order valence-corrected chi connectivity index (χ1v) is 31.4. The van der Waals surface area contributed by atoms with Crippen molar-refractivity contribution in [1.82, 2.24) is 5.32 Å². The summed E-state index contributed by atoms with van der Waals surface area (Å²) in [6.07, 6.45) is 77.2. The third-order valence-corrected chi connectivity index (χ3v) is 14.3. The first-order chi connectivity index (χ1) is 35.0. The van der Waals surface area contributed by atoms with Crippen molar-refractivity contribution in [2.45, 2.75) is 341 Å². The van der Waals surface area contributed by atoms with E-state index in [4.69, 9.17) is 4.74 Å². The topological polar surface area (TPSA) is 95.9 Å². The van der Waals surface area contributed by atoms with Gasteiger partial charge in [0, 0.05) is 12.8 Å². The van der Waals surface area contributed by atoms with Crippen LogP contribution in [-0.2, 0) is 14.3 Å². The Labute approximate surface area is 442 Å². The summed E-state index contributed by atoms with van der Waals surface area (Å²) in [5.74, 6) is -0.0712. The molecule has 0 aliphatic heterocycles. The van der Waals surface area contributed by atoms with Crippen LogP contribution in [0.15, 0.2) is 48.6 Å². The number of carbonyl (C=O) groups excluding carboxylic acids is 2. The quantitative estimate of drug-likeness (QED) is 0.0321. The van der Waals surface area contributed by atoms with E-state index in [9.17, 15) is 19.8 Å². The molecule has 2 atom stereocenters. The van der Waals surface area contributed by atoms with Gasteiger partial charge < -0.3 is 20.3 Å². The van der Waals surface area contributed by atoms with Crippen LogP contribution in [0.3, 0.4) is 0 Å². The van der Waals surface area contributed by atoms with Crippen molar-refractivity contribution in [3.05, 3.63) is 48.6 Å². The molecule has 0 radical (unpaired) electrons. The minimum absolute atomic E-state index is 0.00292. The summed E-state index contributed by atoms with van der Waals surface area (Å²) in [5.41, 5.74) is 0. The van der Waals surface area contributed by atoms with E-state index in [-0.39, 0.29) is 18.5 Å². The van der Waals surface area contributed by atoms with Gasteiger partial charge in [-0.2, -0.15) is 0 Å². The molecular formula is C65H121NO5. The number of carbonyl (C=O) groups is 2. The largest absolute Gasteiger partial charge is 0.466 e. The second kappa shape index (κ2) is 60.4. The molecule has 0 aliphatic rings. The Morgan fingerprint density at radius 1 is 0.394 bits per heavy atom. The summed E-state index contributed by atoms with van der Waals surface area (Å²) in [6, 6.07) is -0.633. The fraction of sp³-hybridized carbons (Fsp3) is 0.846. The van der Waals surface area contributed by atoms with Crippen molar-refractivity contribution < 1.29 is 24.5 Å². The minimum atomic E-state index is -0.848. The molecule has 0 saturated carbocycles. The predicted octanol–water partition coefficient (Wildman–Crippen LogP) is 19.7. The van der Waals surface area contributed by atoms with Gasteiger partial charge >= 0.3 is 5.97 Å². The molecule has 0 bridgehead atoms. The van der Waals surface area contributed by atoms with Crippen LogP contribution in [0.2, 0.25) is 0 Å². The first kappa shape index (κ1) is 68.8. The van der Waals surface area contributed by atoms with Crippen LogP contribution in [0.1, 0.15) is 328 Å². The van der Waals surface area contributed by atoms with E-state index in [1.54, 1.807) is 6.08 Å². The highest BCUT2D eigenvalue weighted by molar-refractivity contribution is 5.76. The molecule has 0 fully saturated rings. The Kier molecular flexibility index (Phi) is 58.5. The first-order valence-electron chi connectivity index (χ1n) is 31.4. The number of ether oxygens (including phenoxy) is 1. The lowest BCUT2D eigenvalue weighted by Crippen LogP contribution is -2.45. The van der Waals surface area contributed by atoms with Gasteiger partial charge in [0.25, 0.3) is 0 Å². The highest BCUT2D eigenvalue weighted by Gasteiger charge is 2.18. The summed E-state index contributed by atoms with van der Waals surface area (Å²) in [4.78, 5) is 24.5. The standard InChI is InChI=1S/C65H121NO5/c1-3-5-7-9-11-13-15-17-19-27-31-35-39-43-47-51-55-59-65(70)71-60-56-52-48-44-40-36-32-29-26-24-22-20-21-23-25-28-30-34-38-42-46-50-54-58-64(69)66-62(61-67)63(68)57-53-49-45-41-37-33-18-16-14-12-10-8-6-4-2/h11,13,17,19,23,25,53,57,62-63,67-68H,3-10,12,14-16,18,20-22,24,26-52,54-56,58-61H2,1-2H3,(H,66,69)/b13-11-,19-17-,25-23-,57-53+. The number of unbranched alkanes of at least 4 members (excludes halogenated alkanes) is 41. The Morgan fingerprint density at radius 3 is 1.11 bits per heavy atom. The van der Waals surface area contributed by atoms with Crippen LogP contribution in [0, 0.1) is 0 Å². The fourth-order valence-corrected chi connectivity index (χ4v) is 9.48. The van der Waals surface area contributed by atoms with Gasteiger partial charge in [-0.25, -0.2) is 0 Å². The van der Waals surface area contributed by atoms with Crippen molar-refractivity contribution in [2.24, 2.45) is 0 Å². The second-order valence-electron chi connectivity index (χ2n) is 21.4. The number of aliphatic hydroxyl groups is 2. The zero-order chi connectivity index (χ0) is 51.4. The number of amides is 1. The van der Waals surface area contributed by atoms with Crippen LogP contribution in [0.4, 0.5) is 0 Å². The lowest BCUT2D eigenvalue weighted by molar-refractivity contribution is -0.143. The highest BCUT2D eigenvalue weighted by Crippen LogP contribution is 2.17. The number of allylic oxidation sites excluding steroid dienone is 7. The molecule has 6 heteroatoms. The molecule has 71 heavy (non-hydrogen) atoms. The van der Waals surface area contributed by atoms with Gasteiger partial charge in [0.2, 0.25) is 5.91 Å². The van der Waals surface area contributed by atoms with E-state index in [1.165, 1.54) is 244 Å². The fourth-order valence-electron chi connectivity index (χ4n) is 9.48. The smallest absolute Gasteiger partial charge is 0.305 e. The summed E-state index contributed by atoms with van der Waals surface area (Å²) in [7, 11) is 0. The lowest BCUT2D eigenvalue weighted by Gasteiger charge is -2.20. The average Bonchev–Trinajstić information content (AvgIpc) is 3.37. The van der Waals surface area contributed by atoms with Crippen molar-refractivity contribution in [1.29, 1.82) is 0 Å². The van der Waals surface area contributed by atoms with E-state index >= 15 is 0 Å². The monoisotopic (exact) mass is 996 g/mol. The average molecular weight is 997 g/mol. The molecule has 6 nitrogen and oxygen atoms in total. The van der Waals surface area contributed by atoms with Gasteiger partial charge in [-0.1, -0.05) is 274 Å². The molecular weight excluding hydrogens is 875 g/mol. The van der Waals surface area contributed by atoms with E-state index in [2.05, 4.69) is 55.6 Å². The molecule has 0 aromatic rings. The molecule has 0 saturated heterocycles. The number of hydrogen-bond donors (Lipinski definition) is 3. The molecule has 0 aromatic heterocycles. The van der Waals surface area contributed by atoms with Gasteiger partial charge in [-0.05, 0) is 89.9 Å². The van der Waals surface area contributed by atoms with E-state index < -0.39 is 12.1 Å². The molecule has 0 aromatic carbocycles. The van der Waals surface area contributed by atoms with Crippen molar-refractivity contribution >= 4 is 11.9 Å². The number of hydrogen-bond acceptors (Lipinski definition) is 5. The van der Waals surface area contributed by atoms with Gasteiger partial charge in [0.05, 0.1) is 25.4 Å². The van der Waals surface area contributed by atoms with Crippen LogP contribution in [0.25, 0.3) is 0 Å². The number of nitrogens with one attached hydrogen (secondary N) is 1. The van der Waals surface area contributed by atoms with Gasteiger partial charge in [0.15, 0.2) is 0 Å². The van der Waals surface area contributed by atoms with Crippen molar-refractivity contribution in [2.75, 3.05) is 13.2 Å². The maximum atomic E-state index is 12.5. The van der Waals surface area contributed by atoms with Crippen molar-refractivity contribution in [3.8, 4) is 0 Å². The summed E-state index contributed by atoms with van der Waals surface area (Å²) < 4.78 is 5.49. The Bertz CT molecular complexity index is 1190. The Balaban J connectivity index is 3.43. The summed E-state index contributed by atoms with van der Waals surface area (Å²) >= 11 is 0.